The fraction of sp³-hybridized carbons (Fsp3) is 0.333. The zero-order chi connectivity index (χ0) is 17.6. The summed E-state index contributed by atoms with van der Waals surface area (Å²) in [4.78, 5) is 20.7. The Kier molecular flexibility index (Phi) is 5.73. The van der Waals surface area contributed by atoms with Crippen molar-refractivity contribution in [2.45, 2.75) is 0 Å². The minimum atomic E-state index is -0.0623. The van der Waals surface area contributed by atoms with E-state index in [0.29, 0.717) is 17.4 Å². The number of amides is 1. The molecule has 1 aliphatic heterocycles. The molecular weight excluding hydrogens is 340 g/mol. The van der Waals surface area contributed by atoms with Crippen molar-refractivity contribution in [2.75, 3.05) is 50.1 Å². The molecule has 0 unspecified atom stereocenters. The largest absolute Gasteiger partial charge is 0.497 e. The van der Waals surface area contributed by atoms with Crippen molar-refractivity contribution in [1.29, 1.82) is 0 Å². The monoisotopic (exact) mass is 360 g/mol. The maximum atomic E-state index is 12.1. The van der Waals surface area contributed by atoms with Gasteiger partial charge in [-0.05, 0) is 36.4 Å². The maximum Gasteiger partial charge on any atom is 0.239 e. The number of carbonyl (C=O) groups is 1. The number of carbonyl (C=O) groups excluding carboxylic acids is 1. The van der Waals surface area contributed by atoms with E-state index in [1.54, 1.807) is 19.2 Å². The molecule has 3 rings (SSSR count). The average molecular weight is 361 g/mol. The number of pyridine rings is 1. The third-order valence-electron chi connectivity index (χ3n) is 4.17. The molecule has 1 fully saturated rings. The van der Waals surface area contributed by atoms with Gasteiger partial charge in [0.25, 0.3) is 0 Å². The SMILES string of the molecule is COc1ccc(N2CCN(CC(=O)Nc3ccc(Cl)cn3)CC2)cc1. The van der Waals surface area contributed by atoms with E-state index in [-0.39, 0.29) is 5.91 Å². The van der Waals surface area contributed by atoms with Gasteiger partial charge < -0.3 is 15.0 Å². The van der Waals surface area contributed by atoms with E-state index in [2.05, 4.69) is 32.2 Å². The topological polar surface area (TPSA) is 57.7 Å². The molecule has 1 aromatic carbocycles. The van der Waals surface area contributed by atoms with Gasteiger partial charge in [-0.25, -0.2) is 4.98 Å². The quantitative estimate of drug-likeness (QED) is 0.887. The van der Waals surface area contributed by atoms with Crippen LogP contribution >= 0.6 is 11.6 Å². The first-order valence-electron chi connectivity index (χ1n) is 8.17. The average Bonchev–Trinajstić information content (AvgIpc) is 2.64. The first kappa shape index (κ1) is 17.5. The molecule has 6 nitrogen and oxygen atoms in total. The van der Waals surface area contributed by atoms with Gasteiger partial charge in [0.05, 0.1) is 18.7 Å². The summed E-state index contributed by atoms with van der Waals surface area (Å²) in [5.41, 5.74) is 1.18. The normalized spacial score (nSPS) is 15.0. The molecule has 132 valence electrons. The van der Waals surface area contributed by atoms with Gasteiger partial charge in [0.15, 0.2) is 0 Å². The lowest BCUT2D eigenvalue weighted by molar-refractivity contribution is -0.117. The summed E-state index contributed by atoms with van der Waals surface area (Å²) in [6.45, 7) is 3.82. The Bertz CT molecular complexity index is 698. The molecule has 0 atom stereocenters. The predicted octanol–water partition coefficient (Wildman–Crippen LogP) is 2.50. The van der Waals surface area contributed by atoms with Gasteiger partial charge in [-0.2, -0.15) is 0 Å². The molecule has 0 saturated carbocycles. The zero-order valence-electron chi connectivity index (χ0n) is 14.1. The van der Waals surface area contributed by atoms with Crippen molar-refractivity contribution in [3.05, 3.63) is 47.6 Å². The highest BCUT2D eigenvalue weighted by Crippen LogP contribution is 2.20. The van der Waals surface area contributed by atoms with Gasteiger partial charge in [-0.15, -0.1) is 0 Å². The van der Waals surface area contributed by atoms with Crippen LogP contribution in [0.5, 0.6) is 5.75 Å². The molecule has 1 saturated heterocycles. The second kappa shape index (κ2) is 8.18. The Morgan fingerprint density at radius 1 is 1.16 bits per heavy atom. The number of methoxy groups -OCH3 is 1. The van der Waals surface area contributed by atoms with Crippen LogP contribution in [0.2, 0.25) is 5.02 Å². The number of hydrogen-bond donors (Lipinski definition) is 1. The van der Waals surface area contributed by atoms with Crippen molar-refractivity contribution in [1.82, 2.24) is 9.88 Å². The number of hydrogen-bond acceptors (Lipinski definition) is 5. The number of ether oxygens (including phenoxy) is 1. The summed E-state index contributed by atoms with van der Waals surface area (Å²) in [6, 6.07) is 11.5. The van der Waals surface area contributed by atoms with Crippen LogP contribution in [0.4, 0.5) is 11.5 Å². The van der Waals surface area contributed by atoms with E-state index in [0.717, 1.165) is 31.9 Å². The summed E-state index contributed by atoms with van der Waals surface area (Å²) in [6.07, 6.45) is 1.52. The lowest BCUT2D eigenvalue weighted by atomic mass is 10.2. The van der Waals surface area contributed by atoms with Gasteiger partial charge in [-0.1, -0.05) is 11.6 Å². The highest BCUT2D eigenvalue weighted by atomic mass is 35.5. The van der Waals surface area contributed by atoms with E-state index in [1.165, 1.54) is 11.9 Å². The molecule has 0 aliphatic carbocycles. The summed E-state index contributed by atoms with van der Waals surface area (Å²) < 4.78 is 5.19. The molecule has 1 aromatic heterocycles. The summed E-state index contributed by atoms with van der Waals surface area (Å²) in [7, 11) is 1.67. The van der Waals surface area contributed by atoms with Crippen LogP contribution in [0.25, 0.3) is 0 Å². The lowest BCUT2D eigenvalue weighted by Gasteiger charge is -2.35. The van der Waals surface area contributed by atoms with Crippen molar-refractivity contribution in [3.63, 3.8) is 0 Å². The minimum absolute atomic E-state index is 0.0623. The highest BCUT2D eigenvalue weighted by molar-refractivity contribution is 6.30. The molecule has 25 heavy (non-hydrogen) atoms. The Labute approximate surface area is 152 Å². The minimum Gasteiger partial charge on any atom is -0.497 e. The molecule has 2 heterocycles. The smallest absolute Gasteiger partial charge is 0.239 e. The molecule has 2 aromatic rings. The van der Waals surface area contributed by atoms with Gasteiger partial charge in [0, 0.05) is 38.1 Å². The van der Waals surface area contributed by atoms with Gasteiger partial charge in [0.1, 0.15) is 11.6 Å². The van der Waals surface area contributed by atoms with Crippen molar-refractivity contribution < 1.29 is 9.53 Å². The van der Waals surface area contributed by atoms with Crippen molar-refractivity contribution in [3.8, 4) is 5.75 Å². The van der Waals surface area contributed by atoms with Gasteiger partial charge >= 0.3 is 0 Å². The third kappa shape index (κ3) is 4.84. The van der Waals surface area contributed by atoms with E-state index in [4.69, 9.17) is 16.3 Å². The lowest BCUT2D eigenvalue weighted by Crippen LogP contribution is -2.48. The fourth-order valence-electron chi connectivity index (χ4n) is 2.79. The molecule has 1 N–H and O–H groups in total. The van der Waals surface area contributed by atoms with E-state index >= 15 is 0 Å². The number of rotatable bonds is 5. The summed E-state index contributed by atoms with van der Waals surface area (Å²) in [5, 5.41) is 3.34. The van der Waals surface area contributed by atoms with Crippen LogP contribution in [0.1, 0.15) is 0 Å². The molecule has 0 radical (unpaired) electrons. The van der Waals surface area contributed by atoms with Crippen LogP contribution in [0.15, 0.2) is 42.6 Å². The summed E-state index contributed by atoms with van der Waals surface area (Å²) in [5.74, 6) is 1.31. The Hall–Kier alpha value is -2.31. The fourth-order valence-corrected chi connectivity index (χ4v) is 2.90. The van der Waals surface area contributed by atoms with Crippen LogP contribution in [0, 0.1) is 0 Å². The molecule has 1 amide bonds. The molecule has 0 bridgehead atoms. The predicted molar refractivity (Wildman–Crippen MR) is 99.5 cm³/mol. The number of nitrogens with zero attached hydrogens (tertiary/aromatic N) is 3. The maximum absolute atomic E-state index is 12.1. The molecule has 0 spiro atoms. The van der Waals surface area contributed by atoms with E-state index < -0.39 is 0 Å². The first-order valence-corrected chi connectivity index (χ1v) is 8.54. The first-order chi connectivity index (χ1) is 12.1. The Morgan fingerprint density at radius 2 is 1.88 bits per heavy atom. The number of piperazine rings is 1. The van der Waals surface area contributed by atoms with E-state index in [1.807, 2.05) is 12.1 Å². The number of anilines is 2. The van der Waals surface area contributed by atoms with Crippen LogP contribution < -0.4 is 15.0 Å². The Balaban J connectivity index is 1.46. The number of aromatic nitrogens is 1. The van der Waals surface area contributed by atoms with Crippen LogP contribution in [0.3, 0.4) is 0 Å². The van der Waals surface area contributed by atoms with E-state index in [9.17, 15) is 4.79 Å². The standard InChI is InChI=1S/C18H21ClN4O2/c1-25-16-5-3-15(4-6-16)23-10-8-22(9-11-23)13-18(24)21-17-7-2-14(19)12-20-17/h2-7,12H,8-11,13H2,1H3,(H,20,21,24). The number of halogens is 1. The van der Waals surface area contributed by atoms with Crippen molar-refractivity contribution in [2.24, 2.45) is 0 Å². The molecule has 1 aliphatic rings. The highest BCUT2D eigenvalue weighted by Gasteiger charge is 2.19. The molecular formula is C18H21ClN4O2. The van der Waals surface area contributed by atoms with Gasteiger partial charge in [-0.3, -0.25) is 9.69 Å². The van der Waals surface area contributed by atoms with Crippen LogP contribution in [-0.2, 0) is 4.79 Å². The number of nitrogens with one attached hydrogen (secondary N) is 1. The third-order valence-corrected chi connectivity index (χ3v) is 4.40. The zero-order valence-corrected chi connectivity index (χ0v) is 14.9. The second-order valence-electron chi connectivity index (χ2n) is 5.87. The number of benzene rings is 1. The van der Waals surface area contributed by atoms with Crippen molar-refractivity contribution >= 4 is 29.0 Å². The Morgan fingerprint density at radius 3 is 2.48 bits per heavy atom. The van der Waals surface area contributed by atoms with Gasteiger partial charge in [0.2, 0.25) is 5.91 Å². The molecule has 7 heteroatoms. The van der Waals surface area contributed by atoms with Crippen LogP contribution in [-0.4, -0.2) is 55.6 Å². The second-order valence-corrected chi connectivity index (χ2v) is 6.31. The summed E-state index contributed by atoms with van der Waals surface area (Å²) >= 11 is 5.79.